The monoisotopic (exact) mass is 130 g/mol. The third-order valence-corrected chi connectivity index (χ3v) is 1.57. The van der Waals surface area contributed by atoms with Crippen LogP contribution in [-0.4, -0.2) is 5.38 Å². The molecule has 0 saturated heterocycles. The molecule has 1 heteroatoms. The van der Waals surface area contributed by atoms with Crippen LogP contribution < -0.4 is 0 Å². The van der Waals surface area contributed by atoms with Crippen LogP contribution in [0.5, 0.6) is 0 Å². The Morgan fingerprint density at radius 3 is 2.75 bits per heavy atom. The van der Waals surface area contributed by atoms with Crippen LogP contribution in [0, 0.1) is 12.3 Å². The van der Waals surface area contributed by atoms with Crippen LogP contribution >= 0.6 is 11.6 Å². The van der Waals surface area contributed by atoms with Crippen molar-refractivity contribution in [2.45, 2.75) is 31.6 Å². The first-order chi connectivity index (χ1) is 3.81. The van der Waals surface area contributed by atoms with Crippen LogP contribution in [0.4, 0.5) is 0 Å². The molecule has 1 unspecified atom stereocenters. The van der Waals surface area contributed by atoms with Crippen molar-refractivity contribution in [3.8, 4) is 12.3 Å². The highest BCUT2D eigenvalue weighted by Crippen LogP contribution is 2.07. The van der Waals surface area contributed by atoms with Gasteiger partial charge in [0.2, 0.25) is 0 Å². The van der Waals surface area contributed by atoms with E-state index in [1.165, 1.54) is 0 Å². The molecule has 8 heavy (non-hydrogen) atoms. The summed E-state index contributed by atoms with van der Waals surface area (Å²) in [4.78, 5) is 0. The molecule has 0 amide bonds. The molecule has 0 nitrogen and oxygen atoms in total. The molecule has 0 N–H and O–H groups in total. The Kier molecular flexibility index (Phi) is 4.90. The first-order valence-electron chi connectivity index (χ1n) is 2.88. The molecular formula is C7H11Cl. The number of terminal acetylenes is 1. The lowest BCUT2D eigenvalue weighted by atomic mass is 10.2. The third-order valence-electron chi connectivity index (χ3n) is 1.04. The molecule has 0 aromatic heterocycles. The molecule has 0 aliphatic heterocycles. The van der Waals surface area contributed by atoms with Crippen molar-refractivity contribution in [1.82, 2.24) is 0 Å². The zero-order valence-electron chi connectivity index (χ0n) is 5.15. The van der Waals surface area contributed by atoms with Gasteiger partial charge in [0.25, 0.3) is 0 Å². The molecule has 0 aromatic carbocycles. The van der Waals surface area contributed by atoms with Crippen molar-refractivity contribution in [3.63, 3.8) is 0 Å². The van der Waals surface area contributed by atoms with Gasteiger partial charge in [-0.1, -0.05) is 6.92 Å². The predicted octanol–water partition coefficient (Wildman–Crippen LogP) is 2.42. The van der Waals surface area contributed by atoms with Crippen LogP contribution in [0.15, 0.2) is 0 Å². The van der Waals surface area contributed by atoms with Gasteiger partial charge in [0.1, 0.15) is 0 Å². The van der Waals surface area contributed by atoms with E-state index in [0.717, 1.165) is 19.3 Å². The molecule has 0 aliphatic carbocycles. The Morgan fingerprint density at radius 2 is 2.38 bits per heavy atom. The van der Waals surface area contributed by atoms with E-state index in [9.17, 15) is 0 Å². The van der Waals surface area contributed by atoms with Gasteiger partial charge in [-0.25, -0.2) is 0 Å². The van der Waals surface area contributed by atoms with Gasteiger partial charge in [-0.05, 0) is 12.8 Å². The van der Waals surface area contributed by atoms with Gasteiger partial charge in [0, 0.05) is 11.8 Å². The zero-order valence-corrected chi connectivity index (χ0v) is 5.91. The SMILES string of the molecule is C#CCCC(Cl)CC. The average molecular weight is 131 g/mol. The van der Waals surface area contributed by atoms with E-state index < -0.39 is 0 Å². The van der Waals surface area contributed by atoms with Crippen molar-refractivity contribution in [2.24, 2.45) is 0 Å². The largest absolute Gasteiger partial charge is 0.123 e. The van der Waals surface area contributed by atoms with E-state index in [1.54, 1.807) is 0 Å². The molecule has 0 rings (SSSR count). The van der Waals surface area contributed by atoms with Crippen LogP contribution in [0.2, 0.25) is 0 Å². The second kappa shape index (κ2) is 5.00. The molecule has 0 radical (unpaired) electrons. The standard InChI is InChI=1S/C7H11Cl/c1-3-5-6-7(8)4-2/h1,7H,4-6H2,2H3. The lowest BCUT2D eigenvalue weighted by molar-refractivity contribution is 0.747. The van der Waals surface area contributed by atoms with Crippen LogP contribution in [-0.2, 0) is 0 Å². The van der Waals surface area contributed by atoms with E-state index in [4.69, 9.17) is 18.0 Å². The molecule has 0 fully saturated rings. The van der Waals surface area contributed by atoms with Crippen molar-refractivity contribution in [2.75, 3.05) is 0 Å². The molecule has 0 aromatic rings. The lowest BCUT2D eigenvalue weighted by Crippen LogP contribution is -1.93. The van der Waals surface area contributed by atoms with Crippen molar-refractivity contribution in [1.29, 1.82) is 0 Å². The molecule has 0 spiro atoms. The van der Waals surface area contributed by atoms with Gasteiger partial charge < -0.3 is 0 Å². The Morgan fingerprint density at radius 1 is 1.75 bits per heavy atom. The maximum atomic E-state index is 5.75. The Bertz CT molecular complexity index is 80.9. The van der Waals surface area contributed by atoms with Crippen molar-refractivity contribution < 1.29 is 0 Å². The average Bonchev–Trinajstić information content (AvgIpc) is 1.83. The van der Waals surface area contributed by atoms with E-state index in [2.05, 4.69) is 12.8 Å². The second-order valence-corrected chi connectivity index (χ2v) is 2.37. The minimum Gasteiger partial charge on any atom is -0.123 e. The molecule has 1 atom stereocenters. The summed E-state index contributed by atoms with van der Waals surface area (Å²) in [5, 5.41) is 0.283. The van der Waals surface area contributed by atoms with E-state index in [0.29, 0.717) is 0 Å². The van der Waals surface area contributed by atoms with Gasteiger partial charge in [-0.3, -0.25) is 0 Å². The highest BCUT2D eigenvalue weighted by molar-refractivity contribution is 6.20. The normalized spacial score (nSPS) is 12.6. The summed E-state index contributed by atoms with van der Waals surface area (Å²) in [5.41, 5.74) is 0. The fourth-order valence-corrected chi connectivity index (χ4v) is 0.553. The number of hydrogen-bond acceptors (Lipinski definition) is 0. The van der Waals surface area contributed by atoms with Crippen LogP contribution in [0.25, 0.3) is 0 Å². The first kappa shape index (κ1) is 7.85. The minimum atomic E-state index is 0.283. The van der Waals surface area contributed by atoms with Gasteiger partial charge in [-0.2, -0.15) is 0 Å². The van der Waals surface area contributed by atoms with Gasteiger partial charge in [0.15, 0.2) is 0 Å². The molecule has 0 saturated carbocycles. The topological polar surface area (TPSA) is 0 Å². The summed E-state index contributed by atoms with van der Waals surface area (Å²) in [6, 6.07) is 0. The minimum absolute atomic E-state index is 0.283. The van der Waals surface area contributed by atoms with E-state index in [-0.39, 0.29) is 5.38 Å². The summed E-state index contributed by atoms with van der Waals surface area (Å²) in [7, 11) is 0. The number of rotatable bonds is 3. The number of halogens is 1. The Hall–Kier alpha value is -0.150. The summed E-state index contributed by atoms with van der Waals surface area (Å²) >= 11 is 5.75. The Labute approximate surface area is 56.2 Å². The summed E-state index contributed by atoms with van der Waals surface area (Å²) in [6.07, 6.45) is 7.80. The number of hydrogen-bond donors (Lipinski definition) is 0. The van der Waals surface area contributed by atoms with Crippen LogP contribution in [0.1, 0.15) is 26.2 Å². The summed E-state index contributed by atoms with van der Waals surface area (Å²) < 4.78 is 0. The lowest BCUT2D eigenvalue weighted by Gasteiger charge is -1.99. The molecule has 46 valence electrons. The molecule has 0 aliphatic rings. The smallest absolute Gasteiger partial charge is 0.0342 e. The second-order valence-electron chi connectivity index (χ2n) is 1.75. The predicted molar refractivity (Wildman–Crippen MR) is 38.0 cm³/mol. The summed E-state index contributed by atoms with van der Waals surface area (Å²) in [6.45, 7) is 2.06. The maximum absolute atomic E-state index is 5.75. The highest BCUT2D eigenvalue weighted by atomic mass is 35.5. The number of alkyl halides is 1. The fraction of sp³-hybridized carbons (Fsp3) is 0.714. The Balaban J connectivity index is 3.01. The van der Waals surface area contributed by atoms with Crippen molar-refractivity contribution >= 4 is 11.6 Å². The maximum Gasteiger partial charge on any atom is 0.0342 e. The van der Waals surface area contributed by atoms with Crippen LogP contribution in [0.3, 0.4) is 0 Å². The van der Waals surface area contributed by atoms with Crippen molar-refractivity contribution in [3.05, 3.63) is 0 Å². The van der Waals surface area contributed by atoms with Gasteiger partial charge in [0.05, 0.1) is 0 Å². The third kappa shape index (κ3) is 4.02. The summed E-state index contributed by atoms with van der Waals surface area (Å²) in [5.74, 6) is 2.55. The van der Waals surface area contributed by atoms with E-state index in [1.807, 2.05) is 0 Å². The first-order valence-corrected chi connectivity index (χ1v) is 3.32. The molecule has 0 heterocycles. The van der Waals surface area contributed by atoms with Gasteiger partial charge in [-0.15, -0.1) is 23.9 Å². The quantitative estimate of drug-likeness (QED) is 0.407. The molecule has 0 bridgehead atoms. The molecular weight excluding hydrogens is 120 g/mol. The fourth-order valence-electron chi connectivity index (χ4n) is 0.444. The highest BCUT2D eigenvalue weighted by Gasteiger charge is 1.96. The van der Waals surface area contributed by atoms with E-state index >= 15 is 0 Å². The zero-order chi connectivity index (χ0) is 6.41. The van der Waals surface area contributed by atoms with Gasteiger partial charge >= 0.3 is 0 Å².